The number of thioether (sulfide) groups is 1. The standard InChI is InChI=1S/C11H27O6PSSi/c1-4-15-20(16-5-2,17-6-3)11-7-9-19-10-8-18(12,13)14/h4-11H2,1-3H3,(H2,12,13,14). The zero-order valence-electron chi connectivity index (χ0n) is 12.5. The summed E-state index contributed by atoms with van der Waals surface area (Å²) in [6, 6.07) is 0.741. The zero-order chi connectivity index (χ0) is 15.5. The van der Waals surface area contributed by atoms with Gasteiger partial charge in [0.25, 0.3) is 0 Å². The van der Waals surface area contributed by atoms with E-state index < -0.39 is 16.4 Å². The van der Waals surface area contributed by atoms with Crippen molar-refractivity contribution in [1.29, 1.82) is 0 Å². The van der Waals surface area contributed by atoms with Gasteiger partial charge >= 0.3 is 16.4 Å². The van der Waals surface area contributed by atoms with Crippen LogP contribution in [0.1, 0.15) is 27.2 Å². The molecule has 0 aliphatic carbocycles. The molecule has 9 heteroatoms. The molecule has 0 aromatic carbocycles. The normalized spacial score (nSPS) is 12.8. The van der Waals surface area contributed by atoms with Gasteiger partial charge in [-0.2, -0.15) is 11.8 Å². The van der Waals surface area contributed by atoms with Crippen LogP contribution >= 0.6 is 19.4 Å². The van der Waals surface area contributed by atoms with Crippen molar-refractivity contribution in [3.8, 4) is 0 Å². The number of hydrogen-bond donors (Lipinski definition) is 2. The third-order valence-electron chi connectivity index (χ3n) is 2.39. The maximum absolute atomic E-state index is 10.7. The predicted molar refractivity (Wildman–Crippen MR) is 84.3 cm³/mol. The van der Waals surface area contributed by atoms with Gasteiger partial charge in [-0.3, -0.25) is 4.57 Å². The second-order valence-electron chi connectivity index (χ2n) is 4.09. The van der Waals surface area contributed by atoms with E-state index in [0.29, 0.717) is 25.6 Å². The van der Waals surface area contributed by atoms with Crippen LogP contribution in [0.2, 0.25) is 6.04 Å². The fraction of sp³-hybridized carbons (Fsp3) is 1.00. The van der Waals surface area contributed by atoms with Crippen molar-refractivity contribution in [1.82, 2.24) is 0 Å². The molecule has 0 heterocycles. The van der Waals surface area contributed by atoms with E-state index in [2.05, 4.69) is 0 Å². The lowest BCUT2D eigenvalue weighted by Gasteiger charge is -2.28. The summed E-state index contributed by atoms with van der Waals surface area (Å²) >= 11 is 1.54. The van der Waals surface area contributed by atoms with Gasteiger partial charge in [-0.05, 0) is 32.9 Å². The fourth-order valence-electron chi connectivity index (χ4n) is 1.68. The van der Waals surface area contributed by atoms with Crippen molar-refractivity contribution < 1.29 is 27.6 Å². The van der Waals surface area contributed by atoms with Gasteiger partial charge in [0.2, 0.25) is 0 Å². The Balaban J connectivity index is 4.03. The van der Waals surface area contributed by atoms with Crippen LogP contribution in [0.25, 0.3) is 0 Å². The van der Waals surface area contributed by atoms with Gasteiger partial charge in [0.1, 0.15) is 0 Å². The topological polar surface area (TPSA) is 85.2 Å². The largest absolute Gasteiger partial charge is 0.500 e. The van der Waals surface area contributed by atoms with E-state index in [1.807, 2.05) is 20.8 Å². The van der Waals surface area contributed by atoms with Crippen LogP contribution in [-0.2, 0) is 17.8 Å². The highest BCUT2D eigenvalue weighted by Gasteiger charge is 2.39. The van der Waals surface area contributed by atoms with Crippen LogP contribution in [0.3, 0.4) is 0 Å². The average Bonchev–Trinajstić information content (AvgIpc) is 2.33. The van der Waals surface area contributed by atoms with Crippen LogP contribution in [0.15, 0.2) is 0 Å². The Morgan fingerprint density at radius 1 is 1.00 bits per heavy atom. The van der Waals surface area contributed by atoms with Crippen LogP contribution < -0.4 is 0 Å². The van der Waals surface area contributed by atoms with Crippen molar-refractivity contribution >= 4 is 28.2 Å². The Morgan fingerprint density at radius 3 is 1.90 bits per heavy atom. The molecule has 0 aromatic rings. The smallest absolute Gasteiger partial charge is 0.374 e. The summed E-state index contributed by atoms with van der Waals surface area (Å²) in [6.45, 7) is 7.48. The molecular formula is C11H27O6PSSi. The van der Waals surface area contributed by atoms with Gasteiger partial charge in [-0.1, -0.05) is 0 Å². The van der Waals surface area contributed by atoms with Gasteiger partial charge in [0.05, 0.1) is 6.16 Å². The number of rotatable bonds is 13. The van der Waals surface area contributed by atoms with E-state index >= 15 is 0 Å². The minimum absolute atomic E-state index is 0.0668. The van der Waals surface area contributed by atoms with E-state index in [1.54, 1.807) is 0 Å². The minimum Gasteiger partial charge on any atom is -0.374 e. The summed E-state index contributed by atoms with van der Waals surface area (Å²) in [5.74, 6) is 1.29. The molecule has 0 atom stereocenters. The molecule has 20 heavy (non-hydrogen) atoms. The second-order valence-corrected chi connectivity index (χ2v) is 9.82. The summed E-state index contributed by atoms with van der Waals surface area (Å²) in [6.07, 6.45) is 0.792. The van der Waals surface area contributed by atoms with Gasteiger partial charge in [0.15, 0.2) is 0 Å². The maximum atomic E-state index is 10.7. The molecule has 6 nitrogen and oxygen atoms in total. The molecule has 0 amide bonds. The Morgan fingerprint density at radius 2 is 1.50 bits per heavy atom. The zero-order valence-corrected chi connectivity index (χ0v) is 15.3. The molecule has 0 spiro atoms. The third-order valence-corrected chi connectivity index (χ3v) is 7.72. The summed E-state index contributed by atoms with van der Waals surface area (Å²) in [7, 11) is -6.42. The first kappa shape index (κ1) is 20.6. The van der Waals surface area contributed by atoms with Crippen molar-refractivity contribution in [2.45, 2.75) is 33.2 Å². The molecule has 0 saturated carbocycles. The molecule has 0 aliphatic heterocycles. The lowest BCUT2D eigenvalue weighted by atomic mass is 10.6. The van der Waals surface area contributed by atoms with E-state index in [0.717, 1.165) is 18.2 Å². The lowest BCUT2D eigenvalue weighted by molar-refractivity contribution is 0.0712. The first-order valence-corrected chi connectivity index (χ1v) is 11.8. The minimum atomic E-state index is -3.87. The molecule has 122 valence electrons. The van der Waals surface area contributed by atoms with Crippen molar-refractivity contribution in [3.05, 3.63) is 0 Å². The molecule has 0 fully saturated rings. The molecule has 0 rings (SSSR count). The predicted octanol–water partition coefficient (Wildman–Crippen LogP) is 2.34. The summed E-state index contributed by atoms with van der Waals surface area (Å²) in [5.41, 5.74) is 0. The van der Waals surface area contributed by atoms with E-state index in [9.17, 15) is 4.57 Å². The van der Waals surface area contributed by atoms with Crippen molar-refractivity contribution in [2.24, 2.45) is 0 Å². The summed E-state index contributed by atoms with van der Waals surface area (Å²) in [5, 5.41) is 0. The Kier molecular flexibility index (Phi) is 11.5. The SMILES string of the molecule is CCO[Si](CCCSCCP(=O)(O)O)(OCC)OCC. The van der Waals surface area contributed by atoms with Crippen molar-refractivity contribution in [3.63, 3.8) is 0 Å². The molecular weight excluding hydrogens is 319 g/mol. The van der Waals surface area contributed by atoms with E-state index in [-0.39, 0.29) is 6.16 Å². The van der Waals surface area contributed by atoms with E-state index in [4.69, 9.17) is 23.1 Å². The Hall–Kier alpha value is 0.597. The molecule has 0 aromatic heterocycles. The summed E-state index contributed by atoms with van der Waals surface area (Å²) in [4.78, 5) is 17.5. The first-order chi connectivity index (χ1) is 9.39. The third kappa shape index (κ3) is 10.3. The van der Waals surface area contributed by atoms with Crippen LogP contribution in [0.5, 0.6) is 0 Å². The van der Waals surface area contributed by atoms with Crippen LogP contribution in [0.4, 0.5) is 0 Å². The van der Waals surface area contributed by atoms with Gasteiger partial charge in [-0.25, -0.2) is 0 Å². The van der Waals surface area contributed by atoms with E-state index in [1.165, 1.54) is 11.8 Å². The van der Waals surface area contributed by atoms with Gasteiger partial charge < -0.3 is 23.1 Å². The first-order valence-electron chi connectivity index (χ1n) is 6.93. The molecule has 2 N–H and O–H groups in total. The average molecular weight is 346 g/mol. The van der Waals surface area contributed by atoms with Gasteiger partial charge in [-0.15, -0.1) is 0 Å². The quantitative estimate of drug-likeness (QED) is 0.301. The molecule has 0 saturated heterocycles. The Bertz CT molecular complexity index is 271. The maximum Gasteiger partial charge on any atom is 0.500 e. The fourth-order valence-corrected chi connectivity index (χ4v) is 6.57. The Labute approximate surface area is 127 Å². The molecule has 0 unspecified atom stereocenters. The molecule has 0 aliphatic rings. The van der Waals surface area contributed by atoms with Gasteiger partial charge in [0, 0.05) is 31.6 Å². The van der Waals surface area contributed by atoms with Crippen LogP contribution in [0, 0.1) is 0 Å². The number of hydrogen-bond acceptors (Lipinski definition) is 5. The highest BCUT2D eigenvalue weighted by Crippen LogP contribution is 2.34. The second kappa shape index (κ2) is 11.2. The van der Waals surface area contributed by atoms with Crippen LogP contribution in [-0.4, -0.2) is 56.1 Å². The lowest BCUT2D eigenvalue weighted by Crippen LogP contribution is -2.46. The highest BCUT2D eigenvalue weighted by atomic mass is 32.2. The molecule has 0 radical (unpaired) electrons. The molecule has 0 bridgehead atoms. The monoisotopic (exact) mass is 346 g/mol. The highest BCUT2D eigenvalue weighted by molar-refractivity contribution is 7.99. The van der Waals surface area contributed by atoms with Crippen molar-refractivity contribution in [2.75, 3.05) is 37.5 Å². The summed E-state index contributed by atoms with van der Waals surface area (Å²) < 4.78 is 27.9.